The van der Waals surface area contributed by atoms with Crippen molar-refractivity contribution in [2.24, 2.45) is 0 Å². The van der Waals surface area contributed by atoms with Crippen molar-refractivity contribution in [1.29, 1.82) is 0 Å². The van der Waals surface area contributed by atoms with Crippen molar-refractivity contribution in [3.63, 3.8) is 0 Å². The van der Waals surface area contributed by atoms with Gasteiger partial charge in [0.2, 0.25) is 0 Å². The van der Waals surface area contributed by atoms with E-state index in [1.165, 1.54) is 5.56 Å². The Balaban J connectivity index is 1.58. The van der Waals surface area contributed by atoms with Gasteiger partial charge in [0.1, 0.15) is 5.75 Å². The van der Waals surface area contributed by atoms with Gasteiger partial charge in [0.25, 0.3) is 0 Å². The average molecular weight is 326 g/mol. The lowest BCUT2D eigenvalue weighted by Crippen LogP contribution is -2.04. The van der Waals surface area contributed by atoms with Crippen molar-refractivity contribution in [3.05, 3.63) is 53.6 Å². The highest BCUT2D eigenvalue weighted by Crippen LogP contribution is 2.22. The number of carbonyl (C=O) groups excluding carboxylic acids is 1. The number of H-pyrrole nitrogens is 1. The lowest BCUT2D eigenvalue weighted by Gasteiger charge is -2.08. The van der Waals surface area contributed by atoms with Crippen LogP contribution >= 0.6 is 11.8 Å². The quantitative estimate of drug-likeness (QED) is 0.418. The number of aromatic amines is 1. The zero-order valence-corrected chi connectivity index (χ0v) is 13.9. The molecule has 0 aliphatic carbocycles. The number of Topliss-reactive ketones (excluding diaryl/α,β-unsaturated/α-hetero) is 1. The van der Waals surface area contributed by atoms with Crippen LogP contribution in [0.2, 0.25) is 0 Å². The number of hydrogen-bond acceptors (Lipinski definition) is 4. The Morgan fingerprint density at radius 2 is 2.09 bits per heavy atom. The van der Waals surface area contributed by atoms with Gasteiger partial charge in [0, 0.05) is 5.75 Å². The first kappa shape index (κ1) is 15.6. The normalized spacial score (nSPS) is 10.9. The Hall–Kier alpha value is -2.27. The van der Waals surface area contributed by atoms with Crippen LogP contribution < -0.4 is 4.74 Å². The summed E-state index contributed by atoms with van der Waals surface area (Å²) in [6, 6.07) is 13.5. The number of carbonyl (C=O) groups is 1. The average Bonchev–Trinajstić information content (AvgIpc) is 2.93. The third-order valence-corrected chi connectivity index (χ3v) is 4.30. The van der Waals surface area contributed by atoms with E-state index < -0.39 is 0 Å². The van der Waals surface area contributed by atoms with Gasteiger partial charge in [-0.1, -0.05) is 30.0 Å². The number of fused-ring (bicyclic) bond motifs is 1. The van der Waals surface area contributed by atoms with E-state index in [1.807, 2.05) is 24.3 Å². The van der Waals surface area contributed by atoms with E-state index in [1.54, 1.807) is 24.8 Å². The summed E-state index contributed by atoms with van der Waals surface area (Å²) < 4.78 is 5.73. The first-order valence-corrected chi connectivity index (χ1v) is 8.44. The lowest BCUT2D eigenvalue weighted by atomic mass is 10.1. The second kappa shape index (κ2) is 6.87. The Morgan fingerprint density at radius 3 is 2.91 bits per heavy atom. The smallest absolute Gasteiger partial charge is 0.166 e. The van der Waals surface area contributed by atoms with Crippen LogP contribution in [0.1, 0.15) is 22.8 Å². The number of aromatic nitrogens is 2. The van der Waals surface area contributed by atoms with Crippen molar-refractivity contribution >= 4 is 28.6 Å². The molecule has 0 radical (unpaired) electrons. The Kier molecular flexibility index (Phi) is 4.67. The van der Waals surface area contributed by atoms with E-state index in [2.05, 4.69) is 29.0 Å². The number of imidazole rings is 1. The molecule has 5 heteroatoms. The first-order chi connectivity index (χ1) is 11.1. The summed E-state index contributed by atoms with van der Waals surface area (Å²) in [7, 11) is 0. The molecule has 0 unspecified atom stereocenters. The van der Waals surface area contributed by atoms with E-state index >= 15 is 0 Å². The number of ketones is 1. The zero-order valence-electron chi connectivity index (χ0n) is 13.1. The van der Waals surface area contributed by atoms with Crippen molar-refractivity contribution in [3.8, 4) is 5.75 Å². The monoisotopic (exact) mass is 326 g/mol. The highest BCUT2D eigenvalue weighted by molar-refractivity contribution is 7.99. The van der Waals surface area contributed by atoms with E-state index in [-0.39, 0.29) is 5.78 Å². The molecule has 3 rings (SSSR count). The largest absolute Gasteiger partial charge is 0.492 e. The Bertz CT molecular complexity index is 842. The number of aryl methyl sites for hydroxylation is 1. The topological polar surface area (TPSA) is 55.0 Å². The summed E-state index contributed by atoms with van der Waals surface area (Å²) in [4.78, 5) is 19.4. The zero-order chi connectivity index (χ0) is 16.2. The summed E-state index contributed by atoms with van der Waals surface area (Å²) in [6.07, 6.45) is 0. The molecule has 1 heterocycles. The Labute approximate surface area is 139 Å². The summed E-state index contributed by atoms with van der Waals surface area (Å²) >= 11 is 1.61. The van der Waals surface area contributed by atoms with E-state index in [9.17, 15) is 4.79 Å². The summed E-state index contributed by atoms with van der Waals surface area (Å²) in [5.74, 6) is 1.41. The molecule has 0 amide bonds. The van der Waals surface area contributed by atoms with E-state index in [4.69, 9.17) is 4.74 Å². The maximum atomic E-state index is 11.5. The van der Waals surface area contributed by atoms with Crippen LogP contribution in [0.5, 0.6) is 5.75 Å². The van der Waals surface area contributed by atoms with E-state index in [0.717, 1.165) is 21.9 Å². The molecule has 4 nitrogen and oxygen atoms in total. The van der Waals surface area contributed by atoms with Gasteiger partial charge in [-0.05, 0) is 43.7 Å². The van der Waals surface area contributed by atoms with Crippen molar-refractivity contribution in [2.45, 2.75) is 19.0 Å². The third kappa shape index (κ3) is 3.74. The van der Waals surface area contributed by atoms with Gasteiger partial charge in [-0.15, -0.1) is 0 Å². The second-order valence-corrected chi connectivity index (χ2v) is 6.40. The second-order valence-electron chi connectivity index (χ2n) is 5.31. The number of hydrogen-bond donors (Lipinski definition) is 1. The number of rotatable bonds is 6. The van der Waals surface area contributed by atoms with Crippen molar-refractivity contribution < 1.29 is 9.53 Å². The van der Waals surface area contributed by atoms with Crippen molar-refractivity contribution in [2.75, 3.05) is 12.4 Å². The van der Waals surface area contributed by atoms with Crippen molar-refractivity contribution in [1.82, 2.24) is 9.97 Å². The van der Waals surface area contributed by atoms with Crippen LogP contribution in [0, 0.1) is 6.92 Å². The molecule has 0 saturated carbocycles. The number of nitrogens with one attached hydrogen (secondary N) is 1. The maximum absolute atomic E-state index is 11.5. The molecule has 0 atom stereocenters. The molecule has 3 aromatic rings. The van der Waals surface area contributed by atoms with Crippen LogP contribution in [0.15, 0.2) is 47.6 Å². The molecule has 2 aromatic carbocycles. The number of benzene rings is 2. The molecular formula is C18H18N2O2S. The van der Waals surface area contributed by atoms with Gasteiger partial charge in [-0.2, -0.15) is 0 Å². The van der Waals surface area contributed by atoms with E-state index in [0.29, 0.717) is 17.9 Å². The van der Waals surface area contributed by atoms with Crippen LogP contribution in [0.4, 0.5) is 0 Å². The minimum atomic E-state index is 0.0147. The van der Waals surface area contributed by atoms with Gasteiger partial charge >= 0.3 is 0 Å². The van der Waals surface area contributed by atoms with Gasteiger partial charge in [0.15, 0.2) is 10.9 Å². The summed E-state index contributed by atoms with van der Waals surface area (Å²) in [6.45, 7) is 4.13. The fraction of sp³-hybridized carbons (Fsp3) is 0.222. The number of nitrogens with zero attached hydrogens (tertiary/aromatic N) is 1. The molecule has 0 fully saturated rings. The van der Waals surface area contributed by atoms with Crippen LogP contribution in [-0.4, -0.2) is 28.1 Å². The fourth-order valence-electron chi connectivity index (χ4n) is 2.34. The number of para-hydroxylation sites is 1. The molecule has 0 spiro atoms. The molecule has 23 heavy (non-hydrogen) atoms. The lowest BCUT2D eigenvalue weighted by molar-refractivity contribution is 0.101. The predicted molar refractivity (Wildman–Crippen MR) is 93.5 cm³/mol. The highest BCUT2D eigenvalue weighted by atomic mass is 32.2. The molecule has 1 N–H and O–H groups in total. The maximum Gasteiger partial charge on any atom is 0.166 e. The molecule has 0 saturated heterocycles. The summed E-state index contributed by atoms with van der Waals surface area (Å²) in [5.41, 5.74) is 3.86. The minimum Gasteiger partial charge on any atom is -0.492 e. The van der Waals surface area contributed by atoms with Crippen LogP contribution in [0.25, 0.3) is 11.0 Å². The summed E-state index contributed by atoms with van der Waals surface area (Å²) in [5, 5.41) is 0.883. The molecule has 0 aliphatic rings. The molecule has 0 aliphatic heterocycles. The first-order valence-electron chi connectivity index (χ1n) is 7.45. The number of thioether (sulfide) groups is 1. The van der Waals surface area contributed by atoms with Crippen LogP contribution in [-0.2, 0) is 0 Å². The highest BCUT2D eigenvalue weighted by Gasteiger charge is 2.08. The third-order valence-electron chi connectivity index (χ3n) is 3.46. The molecule has 0 bridgehead atoms. The standard InChI is InChI=1S/C18H18N2O2S/c1-12-7-8-15-16(11-12)20-18(19-15)23-10-9-22-17-6-4-3-5-14(17)13(2)21/h3-8,11H,9-10H2,1-2H3,(H,19,20). The Morgan fingerprint density at radius 1 is 1.26 bits per heavy atom. The predicted octanol–water partition coefficient (Wildman–Crippen LogP) is 4.25. The SMILES string of the molecule is CC(=O)c1ccccc1OCCSc1nc2ccc(C)cc2[nH]1. The van der Waals surface area contributed by atoms with Gasteiger partial charge < -0.3 is 9.72 Å². The van der Waals surface area contributed by atoms with Crippen LogP contribution in [0.3, 0.4) is 0 Å². The van der Waals surface area contributed by atoms with Gasteiger partial charge in [0.05, 0.1) is 23.2 Å². The fourth-order valence-corrected chi connectivity index (χ4v) is 3.05. The molecular weight excluding hydrogens is 308 g/mol. The number of ether oxygens (including phenoxy) is 1. The molecule has 118 valence electrons. The van der Waals surface area contributed by atoms with Gasteiger partial charge in [-0.25, -0.2) is 4.98 Å². The minimum absolute atomic E-state index is 0.0147. The molecule has 1 aromatic heterocycles. The van der Waals surface area contributed by atoms with Gasteiger partial charge in [-0.3, -0.25) is 4.79 Å².